The van der Waals surface area contributed by atoms with Crippen LogP contribution in [0.15, 0.2) is 12.2 Å². The Morgan fingerprint density at radius 1 is 1.38 bits per heavy atom. The molecule has 0 radical (unpaired) electrons. The van der Waals surface area contributed by atoms with Gasteiger partial charge < -0.3 is 19.3 Å². The molecular formula is C16H18O8. The van der Waals surface area contributed by atoms with Crippen LogP contribution in [0.5, 0.6) is 0 Å². The molecule has 3 bridgehead atoms. The Morgan fingerprint density at radius 3 is 2.71 bits per heavy atom. The van der Waals surface area contributed by atoms with E-state index < -0.39 is 54.0 Å². The largest absolute Gasteiger partial charge is 0.481 e. The molecule has 2 aliphatic carbocycles. The van der Waals surface area contributed by atoms with Crippen molar-refractivity contribution in [1.82, 2.24) is 0 Å². The fourth-order valence-electron chi connectivity index (χ4n) is 4.07. The topological polar surface area (TPSA) is 116 Å². The third-order valence-electron chi connectivity index (χ3n) is 5.14. The quantitative estimate of drug-likeness (QED) is 0.436. The van der Waals surface area contributed by atoms with Crippen LogP contribution in [-0.2, 0) is 33.4 Å². The first-order valence-corrected chi connectivity index (χ1v) is 7.70. The highest BCUT2D eigenvalue weighted by atomic mass is 16.6. The lowest BCUT2D eigenvalue weighted by Gasteiger charge is -2.36. The van der Waals surface area contributed by atoms with E-state index in [0.29, 0.717) is 12.8 Å². The summed E-state index contributed by atoms with van der Waals surface area (Å²) in [6.07, 6.45) is -0.659. The van der Waals surface area contributed by atoms with Gasteiger partial charge in [0.15, 0.2) is 6.61 Å². The van der Waals surface area contributed by atoms with Gasteiger partial charge in [-0.25, -0.2) is 9.59 Å². The number of carbonyl (C=O) groups excluding carboxylic acids is 3. The second kappa shape index (κ2) is 5.61. The van der Waals surface area contributed by atoms with E-state index in [1.54, 1.807) is 0 Å². The number of hydrogen-bond acceptors (Lipinski definition) is 7. The van der Waals surface area contributed by atoms with Gasteiger partial charge in [0.05, 0.1) is 11.3 Å². The van der Waals surface area contributed by atoms with E-state index in [2.05, 4.69) is 6.58 Å². The summed E-state index contributed by atoms with van der Waals surface area (Å²) in [5, 5.41) is 9.62. The fourth-order valence-corrected chi connectivity index (χ4v) is 4.07. The molecule has 0 aromatic rings. The molecule has 3 aliphatic rings. The highest BCUT2D eigenvalue weighted by molar-refractivity contribution is 5.89. The summed E-state index contributed by atoms with van der Waals surface area (Å²) in [6, 6.07) is 0. The van der Waals surface area contributed by atoms with Crippen molar-refractivity contribution in [2.24, 2.45) is 17.3 Å². The maximum Gasteiger partial charge on any atom is 0.344 e. The molecule has 0 aromatic carbocycles. The number of carboxylic acids is 1. The molecule has 8 heteroatoms. The van der Waals surface area contributed by atoms with Gasteiger partial charge in [-0.3, -0.25) is 9.59 Å². The van der Waals surface area contributed by atoms with Crippen molar-refractivity contribution in [3.8, 4) is 0 Å². The summed E-state index contributed by atoms with van der Waals surface area (Å²) in [6.45, 7) is 4.24. The van der Waals surface area contributed by atoms with Crippen molar-refractivity contribution >= 4 is 23.9 Å². The van der Waals surface area contributed by atoms with Crippen LogP contribution in [0.2, 0.25) is 0 Å². The molecule has 3 rings (SSSR count). The Balaban J connectivity index is 1.70. The van der Waals surface area contributed by atoms with E-state index in [-0.39, 0.29) is 17.9 Å². The highest BCUT2D eigenvalue weighted by Gasteiger charge is 2.67. The average Bonchev–Trinajstić information content (AvgIpc) is 2.73. The lowest BCUT2D eigenvalue weighted by molar-refractivity contribution is -0.181. The molecule has 24 heavy (non-hydrogen) atoms. The van der Waals surface area contributed by atoms with Gasteiger partial charge in [0.25, 0.3) is 0 Å². The molecule has 5 unspecified atom stereocenters. The molecule has 1 heterocycles. The summed E-state index contributed by atoms with van der Waals surface area (Å²) in [7, 11) is 0. The molecular weight excluding hydrogens is 320 g/mol. The number of esters is 3. The molecule has 8 nitrogen and oxygen atoms in total. The van der Waals surface area contributed by atoms with Gasteiger partial charge in [0, 0.05) is 17.9 Å². The van der Waals surface area contributed by atoms with Gasteiger partial charge in [0.1, 0.15) is 12.2 Å². The predicted molar refractivity (Wildman–Crippen MR) is 76.4 cm³/mol. The Kier molecular flexibility index (Phi) is 3.85. The maximum atomic E-state index is 12.0. The third-order valence-corrected chi connectivity index (χ3v) is 5.14. The van der Waals surface area contributed by atoms with E-state index in [9.17, 15) is 24.3 Å². The summed E-state index contributed by atoms with van der Waals surface area (Å²) in [5.41, 5.74) is -1.09. The van der Waals surface area contributed by atoms with Gasteiger partial charge >= 0.3 is 23.9 Å². The zero-order chi connectivity index (χ0) is 17.6. The molecule has 0 aromatic heterocycles. The van der Waals surface area contributed by atoms with Crippen LogP contribution in [0.1, 0.15) is 26.2 Å². The van der Waals surface area contributed by atoms with Crippen LogP contribution in [0.3, 0.4) is 0 Å². The maximum absolute atomic E-state index is 12.0. The van der Waals surface area contributed by atoms with E-state index in [1.807, 2.05) is 0 Å². The second-order valence-corrected chi connectivity index (χ2v) is 6.70. The number of hydrogen-bond donors (Lipinski definition) is 1. The monoisotopic (exact) mass is 338 g/mol. The van der Waals surface area contributed by atoms with Crippen LogP contribution < -0.4 is 0 Å². The van der Waals surface area contributed by atoms with Crippen molar-refractivity contribution in [3.05, 3.63) is 12.2 Å². The molecule has 3 fully saturated rings. The Bertz CT molecular complexity index is 638. The SMILES string of the molecule is C=C(C)C(=O)OCC(=O)OC1CC2(C(=O)O)CC3CC2C(=O)OC31. The van der Waals surface area contributed by atoms with Crippen molar-refractivity contribution in [2.75, 3.05) is 6.61 Å². The average molecular weight is 338 g/mol. The molecule has 0 amide bonds. The van der Waals surface area contributed by atoms with Crippen LogP contribution in [-0.4, -0.2) is 47.8 Å². The van der Waals surface area contributed by atoms with Gasteiger partial charge in [-0.05, 0) is 19.8 Å². The van der Waals surface area contributed by atoms with Gasteiger partial charge in [-0.2, -0.15) is 0 Å². The zero-order valence-corrected chi connectivity index (χ0v) is 13.1. The first-order chi connectivity index (χ1) is 11.2. The van der Waals surface area contributed by atoms with E-state index in [0.717, 1.165) is 0 Å². The molecule has 130 valence electrons. The van der Waals surface area contributed by atoms with Crippen LogP contribution in [0.25, 0.3) is 0 Å². The normalized spacial score (nSPS) is 36.0. The molecule has 0 spiro atoms. The van der Waals surface area contributed by atoms with E-state index >= 15 is 0 Å². The van der Waals surface area contributed by atoms with E-state index in [1.165, 1.54) is 6.92 Å². The van der Waals surface area contributed by atoms with Gasteiger partial charge in [-0.1, -0.05) is 6.58 Å². The molecule has 5 atom stereocenters. The molecule has 2 saturated carbocycles. The minimum atomic E-state index is -1.24. The zero-order valence-electron chi connectivity index (χ0n) is 13.1. The summed E-state index contributed by atoms with van der Waals surface area (Å²) < 4.78 is 15.3. The first-order valence-electron chi connectivity index (χ1n) is 7.70. The standard InChI is InChI=1S/C16H18O8/c1-7(2)13(18)22-6-11(17)23-10-5-16(15(20)21)4-8-3-9(16)14(19)24-12(8)10/h8-10,12H,1,3-6H2,2H3,(H,20,21). The predicted octanol–water partition coefficient (Wildman–Crippen LogP) is 0.444. The second-order valence-electron chi connectivity index (χ2n) is 6.70. The Hall–Kier alpha value is -2.38. The Morgan fingerprint density at radius 2 is 2.08 bits per heavy atom. The van der Waals surface area contributed by atoms with Crippen LogP contribution in [0, 0.1) is 17.3 Å². The summed E-state index contributed by atoms with van der Waals surface area (Å²) in [5.74, 6) is -3.96. The Labute approximate surface area is 137 Å². The van der Waals surface area contributed by atoms with Gasteiger partial charge in [0.2, 0.25) is 0 Å². The minimum Gasteiger partial charge on any atom is -0.481 e. The first kappa shape index (κ1) is 16.5. The molecule has 1 N–H and O–H groups in total. The molecule has 1 aliphatic heterocycles. The van der Waals surface area contributed by atoms with E-state index in [4.69, 9.17) is 14.2 Å². The van der Waals surface area contributed by atoms with Crippen molar-refractivity contribution in [1.29, 1.82) is 0 Å². The minimum absolute atomic E-state index is 0.0279. The number of carboxylic acid groups (broad SMARTS) is 1. The third kappa shape index (κ3) is 2.46. The lowest BCUT2D eigenvalue weighted by atomic mass is 9.70. The summed E-state index contributed by atoms with van der Waals surface area (Å²) in [4.78, 5) is 47.0. The fraction of sp³-hybridized carbons (Fsp3) is 0.625. The molecule has 1 saturated heterocycles. The van der Waals surface area contributed by atoms with Crippen LogP contribution >= 0.6 is 0 Å². The van der Waals surface area contributed by atoms with Crippen LogP contribution in [0.4, 0.5) is 0 Å². The number of ether oxygens (including phenoxy) is 3. The number of carbonyl (C=O) groups is 4. The number of aliphatic carboxylic acids is 1. The highest BCUT2D eigenvalue weighted by Crippen LogP contribution is 2.59. The lowest BCUT2D eigenvalue weighted by Crippen LogP contribution is -2.46. The van der Waals surface area contributed by atoms with Crippen molar-refractivity contribution in [3.63, 3.8) is 0 Å². The van der Waals surface area contributed by atoms with Crippen molar-refractivity contribution in [2.45, 2.75) is 38.4 Å². The van der Waals surface area contributed by atoms with Crippen molar-refractivity contribution < 1.29 is 38.5 Å². The van der Waals surface area contributed by atoms with Gasteiger partial charge in [-0.15, -0.1) is 0 Å². The number of rotatable bonds is 5. The number of fused-ring (bicyclic) bond motifs is 3. The summed E-state index contributed by atoms with van der Waals surface area (Å²) >= 11 is 0. The smallest absolute Gasteiger partial charge is 0.344 e.